The van der Waals surface area contributed by atoms with Crippen LogP contribution in [0.5, 0.6) is 0 Å². The Bertz CT molecular complexity index is 809. The van der Waals surface area contributed by atoms with E-state index in [1.165, 1.54) is 0 Å². The number of rotatable bonds is 9. The lowest BCUT2D eigenvalue weighted by Gasteiger charge is -2.23. The largest absolute Gasteiger partial charge is 0.480 e. The molecule has 0 aliphatic carbocycles. The summed E-state index contributed by atoms with van der Waals surface area (Å²) in [7, 11) is 0. The quantitative estimate of drug-likeness (QED) is 0.522. The highest BCUT2D eigenvalue weighted by Crippen LogP contribution is 2.09. The second-order valence-corrected chi connectivity index (χ2v) is 7.24. The van der Waals surface area contributed by atoms with Gasteiger partial charge in [-0.2, -0.15) is 0 Å². The molecule has 0 heterocycles. The maximum atomic E-state index is 12.8. The summed E-state index contributed by atoms with van der Waals surface area (Å²) in [6, 6.07) is 15.5. The predicted molar refractivity (Wildman–Crippen MR) is 112 cm³/mol. The fourth-order valence-corrected chi connectivity index (χ4v) is 2.87. The average molecular weight is 397 g/mol. The van der Waals surface area contributed by atoms with Crippen LogP contribution in [0.25, 0.3) is 0 Å². The molecule has 0 saturated heterocycles. The molecule has 2 aromatic carbocycles. The number of benzene rings is 2. The SMILES string of the molecule is CC(C)C[C@H](NC(=O)Nc1ccccc1)C(=O)N[C@@H](Cc1ccccc1)C(=O)O. The topological polar surface area (TPSA) is 108 Å². The molecule has 154 valence electrons. The van der Waals surface area contributed by atoms with Crippen LogP contribution in [-0.2, 0) is 16.0 Å². The summed E-state index contributed by atoms with van der Waals surface area (Å²) in [4.78, 5) is 36.7. The Hall–Kier alpha value is -3.35. The van der Waals surface area contributed by atoms with Crippen molar-refractivity contribution >= 4 is 23.6 Å². The van der Waals surface area contributed by atoms with E-state index in [2.05, 4.69) is 16.0 Å². The molecule has 29 heavy (non-hydrogen) atoms. The molecule has 2 atom stereocenters. The Morgan fingerprint density at radius 2 is 1.45 bits per heavy atom. The van der Waals surface area contributed by atoms with Crippen LogP contribution < -0.4 is 16.0 Å². The first kappa shape index (κ1) is 21.9. The maximum absolute atomic E-state index is 12.8. The summed E-state index contributed by atoms with van der Waals surface area (Å²) in [5.41, 5.74) is 1.40. The zero-order valence-electron chi connectivity index (χ0n) is 16.6. The summed E-state index contributed by atoms with van der Waals surface area (Å²) in [5, 5.41) is 17.4. The van der Waals surface area contributed by atoms with Crippen molar-refractivity contribution in [2.24, 2.45) is 5.92 Å². The minimum Gasteiger partial charge on any atom is -0.480 e. The number of amides is 3. The standard InChI is InChI=1S/C22H27N3O4/c1-15(2)13-18(25-22(29)23-17-11-7-4-8-12-17)20(26)24-19(21(27)28)14-16-9-5-3-6-10-16/h3-12,15,18-19H,13-14H2,1-2H3,(H,24,26)(H,27,28)(H2,23,25,29)/t18-,19-/m0/s1. The minimum atomic E-state index is -1.13. The molecule has 0 aromatic heterocycles. The first-order valence-corrected chi connectivity index (χ1v) is 9.55. The third kappa shape index (κ3) is 7.65. The fraction of sp³-hybridized carbons (Fsp3) is 0.318. The lowest BCUT2D eigenvalue weighted by atomic mass is 10.0. The highest BCUT2D eigenvalue weighted by Gasteiger charge is 2.27. The number of carboxylic acids is 1. The molecule has 7 heteroatoms. The number of carboxylic acid groups (broad SMARTS) is 1. The van der Waals surface area contributed by atoms with Gasteiger partial charge < -0.3 is 21.1 Å². The van der Waals surface area contributed by atoms with Crippen LogP contribution in [-0.4, -0.2) is 35.1 Å². The van der Waals surface area contributed by atoms with Crippen LogP contribution >= 0.6 is 0 Å². The van der Waals surface area contributed by atoms with Crippen molar-refractivity contribution in [3.63, 3.8) is 0 Å². The van der Waals surface area contributed by atoms with E-state index in [9.17, 15) is 19.5 Å². The summed E-state index contributed by atoms with van der Waals surface area (Å²) in [6.07, 6.45) is 0.540. The van der Waals surface area contributed by atoms with Crippen LogP contribution in [0.1, 0.15) is 25.8 Å². The molecular weight excluding hydrogens is 370 g/mol. The zero-order chi connectivity index (χ0) is 21.2. The van der Waals surface area contributed by atoms with Gasteiger partial charge >= 0.3 is 12.0 Å². The smallest absolute Gasteiger partial charge is 0.326 e. The Labute approximate surface area is 170 Å². The molecule has 2 rings (SSSR count). The molecule has 7 nitrogen and oxygen atoms in total. The first-order valence-electron chi connectivity index (χ1n) is 9.55. The minimum absolute atomic E-state index is 0.125. The molecule has 4 N–H and O–H groups in total. The predicted octanol–water partition coefficient (Wildman–Crippen LogP) is 3.03. The van der Waals surface area contributed by atoms with Crippen LogP contribution in [0.3, 0.4) is 0 Å². The molecule has 0 fully saturated rings. The van der Waals surface area contributed by atoms with Crippen molar-refractivity contribution in [2.45, 2.75) is 38.8 Å². The van der Waals surface area contributed by atoms with Gasteiger partial charge in [-0.1, -0.05) is 62.4 Å². The molecule has 0 unspecified atom stereocenters. The number of hydrogen-bond donors (Lipinski definition) is 4. The molecular formula is C22H27N3O4. The summed E-state index contributed by atoms with van der Waals surface area (Å²) in [5.74, 6) is -1.52. The van der Waals surface area contributed by atoms with Crippen molar-refractivity contribution in [1.82, 2.24) is 10.6 Å². The summed E-state index contributed by atoms with van der Waals surface area (Å²) in [6.45, 7) is 3.85. The Morgan fingerprint density at radius 3 is 2.00 bits per heavy atom. The summed E-state index contributed by atoms with van der Waals surface area (Å²) >= 11 is 0. The van der Waals surface area contributed by atoms with E-state index in [1.807, 2.05) is 38.1 Å². The van der Waals surface area contributed by atoms with Gasteiger partial charge in [-0.05, 0) is 30.0 Å². The second-order valence-electron chi connectivity index (χ2n) is 7.24. The molecule has 0 radical (unpaired) electrons. The maximum Gasteiger partial charge on any atom is 0.326 e. The van der Waals surface area contributed by atoms with Crippen LogP contribution in [0.2, 0.25) is 0 Å². The van der Waals surface area contributed by atoms with E-state index >= 15 is 0 Å². The fourth-order valence-electron chi connectivity index (χ4n) is 2.87. The number of nitrogens with one attached hydrogen (secondary N) is 3. The molecule has 0 saturated carbocycles. The van der Waals surface area contributed by atoms with Crippen LogP contribution in [0.4, 0.5) is 10.5 Å². The van der Waals surface area contributed by atoms with Gasteiger partial charge in [0.15, 0.2) is 0 Å². The van der Waals surface area contributed by atoms with Gasteiger partial charge in [0.2, 0.25) is 5.91 Å². The highest BCUT2D eigenvalue weighted by molar-refractivity contribution is 5.94. The Kier molecular flexibility index (Phi) is 8.21. The van der Waals surface area contributed by atoms with Crippen molar-refractivity contribution in [1.29, 1.82) is 0 Å². The van der Waals surface area contributed by atoms with Gasteiger partial charge in [-0.15, -0.1) is 0 Å². The average Bonchev–Trinajstić information content (AvgIpc) is 2.68. The third-order valence-electron chi connectivity index (χ3n) is 4.26. The molecule has 2 aromatic rings. The number of para-hydroxylation sites is 1. The van der Waals surface area contributed by atoms with E-state index in [0.29, 0.717) is 12.1 Å². The van der Waals surface area contributed by atoms with Crippen LogP contribution in [0, 0.1) is 5.92 Å². The van der Waals surface area contributed by atoms with Gasteiger partial charge in [0, 0.05) is 12.1 Å². The van der Waals surface area contributed by atoms with Crippen molar-refractivity contribution in [3.8, 4) is 0 Å². The lowest BCUT2D eigenvalue weighted by Crippen LogP contribution is -2.53. The molecule has 0 bridgehead atoms. The van der Waals surface area contributed by atoms with Crippen molar-refractivity contribution in [3.05, 3.63) is 66.2 Å². The number of hydrogen-bond acceptors (Lipinski definition) is 3. The van der Waals surface area contributed by atoms with E-state index in [0.717, 1.165) is 5.56 Å². The number of urea groups is 1. The molecule has 3 amide bonds. The van der Waals surface area contributed by atoms with Gasteiger partial charge in [-0.3, -0.25) is 4.79 Å². The van der Waals surface area contributed by atoms with E-state index in [-0.39, 0.29) is 12.3 Å². The van der Waals surface area contributed by atoms with Crippen molar-refractivity contribution < 1.29 is 19.5 Å². The van der Waals surface area contributed by atoms with Gasteiger partial charge in [0.05, 0.1) is 0 Å². The normalized spacial score (nSPS) is 12.7. The third-order valence-corrected chi connectivity index (χ3v) is 4.26. The van der Waals surface area contributed by atoms with E-state index in [4.69, 9.17) is 0 Å². The highest BCUT2D eigenvalue weighted by atomic mass is 16.4. The van der Waals surface area contributed by atoms with E-state index in [1.54, 1.807) is 36.4 Å². The number of aliphatic carboxylic acids is 1. The number of carbonyl (C=O) groups excluding carboxylic acids is 2. The molecule has 0 aliphatic heterocycles. The first-order chi connectivity index (χ1) is 13.8. The summed E-state index contributed by atoms with van der Waals surface area (Å²) < 4.78 is 0. The Balaban J connectivity index is 2.03. The van der Waals surface area contributed by atoms with Gasteiger partial charge in [-0.25, -0.2) is 9.59 Å². The van der Waals surface area contributed by atoms with Crippen LogP contribution in [0.15, 0.2) is 60.7 Å². The molecule has 0 aliphatic rings. The van der Waals surface area contributed by atoms with Gasteiger partial charge in [0.25, 0.3) is 0 Å². The Morgan fingerprint density at radius 1 is 0.862 bits per heavy atom. The molecule has 0 spiro atoms. The number of anilines is 1. The second kappa shape index (κ2) is 10.8. The number of carbonyl (C=O) groups is 3. The lowest BCUT2D eigenvalue weighted by molar-refractivity contribution is -0.142. The monoisotopic (exact) mass is 397 g/mol. The van der Waals surface area contributed by atoms with Gasteiger partial charge in [0.1, 0.15) is 12.1 Å². The zero-order valence-corrected chi connectivity index (χ0v) is 16.6. The van der Waals surface area contributed by atoms with Crippen molar-refractivity contribution in [2.75, 3.05) is 5.32 Å². The van der Waals surface area contributed by atoms with E-state index < -0.39 is 30.0 Å².